The molecule has 5 nitrogen and oxygen atoms in total. The van der Waals surface area contributed by atoms with E-state index in [9.17, 15) is 18.7 Å². The SMILES string of the molecule is COOC1C(=O)C(C=C2C=C(c3ccc(F)cc3)OC(c3ccc(F)cc3)=C2)C1O. The molecule has 2 aromatic carbocycles. The summed E-state index contributed by atoms with van der Waals surface area (Å²) < 4.78 is 32.6. The Morgan fingerprint density at radius 3 is 1.87 bits per heavy atom. The average molecular weight is 412 g/mol. The first kappa shape index (κ1) is 20.2. The molecule has 7 heteroatoms. The number of hydrogen-bond acceptors (Lipinski definition) is 5. The number of aliphatic hydroxyl groups excluding tert-OH is 1. The molecule has 1 aliphatic carbocycles. The normalized spacial score (nSPS) is 23.3. The molecule has 1 heterocycles. The lowest BCUT2D eigenvalue weighted by molar-refractivity contribution is -0.325. The van der Waals surface area contributed by atoms with Gasteiger partial charge in [0, 0.05) is 11.1 Å². The molecule has 0 amide bonds. The molecular formula is C23H18F2O5. The summed E-state index contributed by atoms with van der Waals surface area (Å²) in [5.74, 6) is -0.991. The van der Waals surface area contributed by atoms with E-state index in [2.05, 4.69) is 4.89 Å². The van der Waals surface area contributed by atoms with Crippen LogP contribution in [-0.2, 0) is 19.3 Å². The van der Waals surface area contributed by atoms with Crippen molar-refractivity contribution in [1.82, 2.24) is 0 Å². The third-order valence-electron chi connectivity index (χ3n) is 4.93. The highest BCUT2D eigenvalue weighted by Gasteiger charge is 2.49. The number of Topliss-reactive ketones (excluding diaryl/α,β-unsaturated/α-hetero) is 1. The van der Waals surface area contributed by atoms with Crippen LogP contribution in [0.5, 0.6) is 0 Å². The molecule has 3 atom stereocenters. The highest BCUT2D eigenvalue weighted by molar-refractivity contribution is 5.95. The van der Waals surface area contributed by atoms with Crippen LogP contribution in [-0.4, -0.2) is 30.2 Å². The van der Waals surface area contributed by atoms with Gasteiger partial charge in [-0.05, 0) is 66.3 Å². The van der Waals surface area contributed by atoms with Crippen LogP contribution in [0.2, 0.25) is 0 Å². The first-order chi connectivity index (χ1) is 14.5. The van der Waals surface area contributed by atoms with E-state index in [0.717, 1.165) is 0 Å². The lowest BCUT2D eigenvalue weighted by Crippen LogP contribution is -2.56. The minimum Gasteiger partial charge on any atom is -0.456 e. The Bertz CT molecular complexity index is 975. The van der Waals surface area contributed by atoms with Crippen LogP contribution in [0.1, 0.15) is 11.1 Å². The van der Waals surface area contributed by atoms with Crippen molar-refractivity contribution in [3.8, 4) is 0 Å². The van der Waals surface area contributed by atoms with Crippen molar-refractivity contribution in [2.75, 3.05) is 7.11 Å². The van der Waals surface area contributed by atoms with Gasteiger partial charge < -0.3 is 9.84 Å². The Hall–Kier alpha value is -3.13. The van der Waals surface area contributed by atoms with Gasteiger partial charge >= 0.3 is 0 Å². The van der Waals surface area contributed by atoms with Crippen molar-refractivity contribution in [2.24, 2.45) is 5.92 Å². The molecule has 0 saturated heterocycles. The molecule has 1 saturated carbocycles. The number of hydrogen-bond donors (Lipinski definition) is 1. The third-order valence-corrected chi connectivity index (χ3v) is 4.93. The molecule has 1 fully saturated rings. The first-order valence-corrected chi connectivity index (χ1v) is 9.22. The Morgan fingerprint density at radius 2 is 1.43 bits per heavy atom. The number of halogens is 2. The minimum absolute atomic E-state index is 0.309. The maximum absolute atomic E-state index is 13.3. The molecular weight excluding hydrogens is 394 g/mol. The fourth-order valence-corrected chi connectivity index (χ4v) is 3.32. The van der Waals surface area contributed by atoms with Gasteiger partial charge in [-0.15, -0.1) is 0 Å². The van der Waals surface area contributed by atoms with Crippen molar-refractivity contribution >= 4 is 17.3 Å². The van der Waals surface area contributed by atoms with Gasteiger partial charge in [-0.25, -0.2) is 18.6 Å². The van der Waals surface area contributed by atoms with Crippen molar-refractivity contribution < 1.29 is 33.2 Å². The third kappa shape index (κ3) is 3.95. The molecule has 2 aromatic rings. The standard InChI is InChI=1S/C23H18F2O5/c1-28-30-23-21(26)18(22(23)27)10-13-11-19(14-2-6-16(24)7-3-14)29-20(12-13)15-4-8-17(25)9-5-15/h2-12,18,21,23,26H,1H3. The van der Waals surface area contributed by atoms with E-state index in [1.807, 2.05) is 0 Å². The Balaban J connectivity index is 1.69. The van der Waals surface area contributed by atoms with E-state index < -0.39 is 18.1 Å². The quantitative estimate of drug-likeness (QED) is 0.598. The van der Waals surface area contributed by atoms with Gasteiger partial charge in [-0.1, -0.05) is 6.08 Å². The van der Waals surface area contributed by atoms with Crippen LogP contribution in [0.4, 0.5) is 8.78 Å². The number of ether oxygens (including phenoxy) is 1. The molecule has 30 heavy (non-hydrogen) atoms. The van der Waals surface area contributed by atoms with Gasteiger partial charge in [0.15, 0.2) is 11.9 Å². The number of rotatable bonds is 5. The van der Waals surface area contributed by atoms with Crippen LogP contribution in [0, 0.1) is 17.6 Å². The number of benzene rings is 2. The van der Waals surface area contributed by atoms with Crippen LogP contribution in [0.3, 0.4) is 0 Å². The minimum atomic E-state index is -1.04. The van der Waals surface area contributed by atoms with Gasteiger partial charge in [-0.2, -0.15) is 0 Å². The molecule has 154 valence electrons. The van der Waals surface area contributed by atoms with Crippen LogP contribution < -0.4 is 0 Å². The zero-order valence-corrected chi connectivity index (χ0v) is 15.9. The van der Waals surface area contributed by atoms with E-state index in [0.29, 0.717) is 28.2 Å². The van der Waals surface area contributed by atoms with Crippen LogP contribution >= 0.6 is 0 Å². The maximum Gasteiger partial charge on any atom is 0.178 e. The molecule has 3 unspecified atom stereocenters. The van der Waals surface area contributed by atoms with Gasteiger partial charge in [-0.3, -0.25) is 4.79 Å². The second kappa shape index (κ2) is 8.31. The molecule has 0 bridgehead atoms. The van der Waals surface area contributed by atoms with E-state index >= 15 is 0 Å². The number of carbonyl (C=O) groups is 1. The molecule has 0 radical (unpaired) electrons. The summed E-state index contributed by atoms with van der Waals surface area (Å²) in [6, 6.07) is 11.5. The summed E-state index contributed by atoms with van der Waals surface area (Å²) in [4.78, 5) is 21.5. The Labute approximate surface area is 171 Å². The Morgan fingerprint density at radius 1 is 0.933 bits per heavy atom. The molecule has 1 N–H and O–H groups in total. The second-order valence-electron chi connectivity index (χ2n) is 6.90. The monoisotopic (exact) mass is 412 g/mol. The van der Waals surface area contributed by atoms with E-state index in [1.54, 1.807) is 42.5 Å². The molecule has 0 spiro atoms. The van der Waals surface area contributed by atoms with Crippen molar-refractivity contribution in [2.45, 2.75) is 12.2 Å². The number of ketones is 1. The molecule has 4 rings (SSSR count). The summed E-state index contributed by atoms with van der Waals surface area (Å²) in [5, 5.41) is 10.2. The van der Waals surface area contributed by atoms with Gasteiger partial charge in [0.05, 0.1) is 13.0 Å². The summed E-state index contributed by atoms with van der Waals surface area (Å²) in [6.07, 6.45) is 2.91. The molecule has 2 aliphatic rings. The van der Waals surface area contributed by atoms with Crippen LogP contribution in [0.25, 0.3) is 11.5 Å². The van der Waals surface area contributed by atoms with Gasteiger partial charge in [0.2, 0.25) is 0 Å². The Kier molecular flexibility index (Phi) is 5.59. The first-order valence-electron chi connectivity index (χ1n) is 9.22. The summed E-state index contributed by atoms with van der Waals surface area (Å²) in [5.41, 5.74) is 1.85. The maximum atomic E-state index is 13.3. The second-order valence-corrected chi connectivity index (χ2v) is 6.90. The predicted octanol–water partition coefficient (Wildman–Crippen LogP) is 3.81. The predicted molar refractivity (Wildman–Crippen MR) is 104 cm³/mol. The number of allylic oxidation sites excluding steroid dienone is 3. The van der Waals surface area contributed by atoms with Gasteiger partial charge in [0.25, 0.3) is 0 Å². The molecule has 1 aliphatic heterocycles. The van der Waals surface area contributed by atoms with Crippen LogP contribution in [0.15, 0.2) is 72.3 Å². The smallest absolute Gasteiger partial charge is 0.178 e. The van der Waals surface area contributed by atoms with E-state index in [4.69, 9.17) is 9.62 Å². The largest absolute Gasteiger partial charge is 0.456 e. The highest BCUT2D eigenvalue weighted by atomic mass is 19.1. The highest BCUT2D eigenvalue weighted by Crippen LogP contribution is 2.35. The van der Waals surface area contributed by atoms with Crippen molar-refractivity contribution in [3.05, 3.63) is 95.1 Å². The van der Waals surface area contributed by atoms with E-state index in [-0.39, 0.29) is 17.4 Å². The lowest BCUT2D eigenvalue weighted by Gasteiger charge is -2.36. The fraction of sp³-hybridized carbons (Fsp3) is 0.174. The summed E-state index contributed by atoms with van der Waals surface area (Å²) >= 11 is 0. The lowest BCUT2D eigenvalue weighted by atomic mass is 9.76. The zero-order chi connectivity index (χ0) is 21.3. The topological polar surface area (TPSA) is 65.0 Å². The van der Waals surface area contributed by atoms with Gasteiger partial charge in [0.1, 0.15) is 29.3 Å². The average Bonchev–Trinajstić information content (AvgIpc) is 2.76. The fourth-order valence-electron chi connectivity index (χ4n) is 3.32. The zero-order valence-electron chi connectivity index (χ0n) is 15.9. The van der Waals surface area contributed by atoms with Crippen molar-refractivity contribution in [1.29, 1.82) is 0 Å². The van der Waals surface area contributed by atoms with Crippen molar-refractivity contribution in [3.63, 3.8) is 0 Å². The summed E-state index contributed by atoms with van der Waals surface area (Å²) in [6.45, 7) is 0. The molecule has 0 aromatic heterocycles. The van der Waals surface area contributed by atoms with E-state index in [1.165, 1.54) is 31.4 Å². The summed E-state index contributed by atoms with van der Waals surface area (Å²) in [7, 11) is 1.26. The number of carbonyl (C=O) groups excluding carboxylic acids is 1. The number of aliphatic hydroxyl groups is 1.